The minimum atomic E-state index is -4.76. The van der Waals surface area contributed by atoms with Crippen molar-refractivity contribution < 1.29 is 32.3 Å². The van der Waals surface area contributed by atoms with Crippen LogP contribution in [0.3, 0.4) is 0 Å². The number of carbonyl (C=O) groups excluding carboxylic acids is 3. The lowest BCUT2D eigenvalue weighted by atomic mass is 10.1. The van der Waals surface area contributed by atoms with E-state index in [0.29, 0.717) is 22.3 Å². The highest BCUT2D eigenvalue weighted by Crippen LogP contribution is 2.38. The summed E-state index contributed by atoms with van der Waals surface area (Å²) >= 11 is 6.97. The molecule has 8 nitrogen and oxygen atoms in total. The number of nitrogens with zero attached hydrogens (tertiary/aromatic N) is 2. The average molecular weight is 547 g/mol. The van der Waals surface area contributed by atoms with Crippen LogP contribution in [0.15, 0.2) is 30.3 Å². The maximum atomic E-state index is 13.9. The van der Waals surface area contributed by atoms with Gasteiger partial charge in [0.15, 0.2) is 0 Å². The molecule has 0 bridgehead atoms. The van der Waals surface area contributed by atoms with Gasteiger partial charge in [0, 0.05) is 18.8 Å². The Balaban J connectivity index is 1.81. The number of anilines is 2. The number of likely N-dealkylation sites (N-methyl/N-ethyl adjacent to an activating group) is 1. The molecule has 1 aliphatic rings. The van der Waals surface area contributed by atoms with E-state index in [9.17, 15) is 27.6 Å². The largest absolute Gasteiger partial charge is 0.418 e. The fraction of sp³-hybridized carbons (Fsp3) is 0.435. The van der Waals surface area contributed by atoms with Crippen LogP contribution < -0.4 is 15.5 Å². The van der Waals surface area contributed by atoms with Crippen LogP contribution >= 0.6 is 22.9 Å². The molecule has 13 heteroatoms. The van der Waals surface area contributed by atoms with Gasteiger partial charge in [-0.3, -0.25) is 19.3 Å². The summed E-state index contributed by atoms with van der Waals surface area (Å²) in [6, 6.07) is 5.60. The molecule has 196 valence electrons. The lowest BCUT2D eigenvalue weighted by Crippen LogP contribution is -2.50. The molecule has 1 aliphatic heterocycles. The summed E-state index contributed by atoms with van der Waals surface area (Å²) in [6.45, 7) is 4.37. The van der Waals surface area contributed by atoms with Gasteiger partial charge in [0.25, 0.3) is 11.8 Å². The molecule has 0 unspecified atom stereocenters. The van der Waals surface area contributed by atoms with Gasteiger partial charge in [0.2, 0.25) is 5.91 Å². The van der Waals surface area contributed by atoms with Crippen LogP contribution in [0, 0.1) is 0 Å². The molecule has 1 fully saturated rings. The minimum Gasteiger partial charge on any atom is -0.370 e. The monoisotopic (exact) mass is 546 g/mol. The molecule has 2 aromatic rings. The molecule has 1 atom stereocenters. The SMILES string of the molecule is CCN(CC)[C@H](CNC(=O)c1ccc(Cl)s1)C(=O)Nc1ccc(N2CCOCC2=O)c(C(F)(F)F)c1. The van der Waals surface area contributed by atoms with Gasteiger partial charge < -0.3 is 20.3 Å². The van der Waals surface area contributed by atoms with Gasteiger partial charge in [-0.05, 0) is 43.4 Å². The predicted octanol–water partition coefficient (Wildman–Crippen LogP) is 3.86. The predicted molar refractivity (Wildman–Crippen MR) is 132 cm³/mol. The van der Waals surface area contributed by atoms with E-state index in [1.54, 1.807) is 17.0 Å². The van der Waals surface area contributed by atoms with Gasteiger partial charge in [-0.25, -0.2) is 0 Å². The molecule has 0 aliphatic carbocycles. The molecule has 1 aromatic carbocycles. The Labute approximate surface area is 215 Å². The van der Waals surface area contributed by atoms with Crippen LogP contribution in [-0.4, -0.2) is 68.1 Å². The number of ether oxygens (including phenoxy) is 1. The molecule has 1 saturated heterocycles. The van der Waals surface area contributed by atoms with Crippen LogP contribution in [-0.2, 0) is 20.5 Å². The first-order chi connectivity index (χ1) is 17.0. The first-order valence-corrected chi connectivity index (χ1v) is 12.4. The average Bonchev–Trinajstić information content (AvgIpc) is 3.27. The van der Waals surface area contributed by atoms with E-state index in [1.807, 2.05) is 13.8 Å². The Morgan fingerprint density at radius 3 is 2.53 bits per heavy atom. The summed E-state index contributed by atoms with van der Waals surface area (Å²) < 4.78 is 47.1. The first kappa shape index (κ1) is 27.9. The lowest BCUT2D eigenvalue weighted by molar-refractivity contribution is -0.137. The number of alkyl halides is 3. The molecule has 2 heterocycles. The maximum Gasteiger partial charge on any atom is 0.418 e. The van der Waals surface area contributed by atoms with Crippen LogP contribution in [0.25, 0.3) is 0 Å². The van der Waals surface area contributed by atoms with Crippen LogP contribution in [0.5, 0.6) is 0 Å². The van der Waals surface area contributed by atoms with Crippen molar-refractivity contribution in [2.75, 3.05) is 49.6 Å². The van der Waals surface area contributed by atoms with Crippen LogP contribution in [0.4, 0.5) is 24.5 Å². The first-order valence-electron chi connectivity index (χ1n) is 11.2. The molecule has 3 amide bonds. The second kappa shape index (κ2) is 12.0. The summed E-state index contributed by atoms with van der Waals surface area (Å²) in [6.07, 6.45) is -4.76. The summed E-state index contributed by atoms with van der Waals surface area (Å²) in [7, 11) is 0. The highest BCUT2D eigenvalue weighted by Gasteiger charge is 2.37. The Kier molecular flexibility index (Phi) is 9.34. The van der Waals surface area contributed by atoms with Gasteiger partial charge in [0.1, 0.15) is 12.6 Å². The summed E-state index contributed by atoms with van der Waals surface area (Å²) in [5, 5.41) is 5.23. The molecule has 0 spiro atoms. The number of thiophene rings is 1. The molecule has 36 heavy (non-hydrogen) atoms. The number of hydrogen-bond donors (Lipinski definition) is 2. The fourth-order valence-electron chi connectivity index (χ4n) is 3.84. The number of benzene rings is 1. The van der Waals surface area contributed by atoms with Crippen molar-refractivity contribution >= 4 is 52.0 Å². The van der Waals surface area contributed by atoms with Gasteiger partial charge in [-0.2, -0.15) is 13.2 Å². The fourth-order valence-corrected chi connectivity index (χ4v) is 4.80. The molecule has 0 radical (unpaired) electrons. The van der Waals surface area contributed by atoms with E-state index in [1.165, 1.54) is 6.07 Å². The number of morpholine rings is 1. The zero-order valence-electron chi connectivity index (χ0n) is 19.7. The van der Waals surface area contributed by atoms with E-state index in [0.717, 1.165) is 28.4 Å². The number of hydrogen-bond acceptors (Lipinski definition) is 6. The standard InChI is InChI=1S/C23H26ClF3N4O4S/c1-3-30(4-2)17(12-28-22(34)18-7-8-19(24)36-18)21(33)29-14-5-6-16(15(11-14)23(25,26)27)31-9-10-35-13-20(31)32/h5-8,11,17H,3-4,9-10,12-13H2,1-2H3,(H,28,34)(H,29,33)/t17-/m1/s1. The van der Waals surface area contributed by atoms with Crippen LogP contribution in [0.1, 0.15) is 29.1 Å². The van der Waals surface area contributed by atoms with Crippen molar-refractivity contribution in [3.8, 4) is 0 Å². The number of rotatable bonds is 9. The zero-order chi connectivity index (χ0) is 26.5. The zero-order valence-corrected chi connectivity index (χ0v) is 21.2. The van der Waals surface area contributed by atoms with Gasteiger partial charge in [-0.1, -0.05) is 25.4 Å². The minimum absolute atomic E-state index is 0.00714. The summed E-state index contributed by atoms with van der Waals surface area (Å²) in [5.41, 5.74) is -1.42. The van der Waals surface area contributed by atoms with Gasteiger partial charge in [-0.15, -0.1) is 11.3 Å². The number of halogens is 4. The molecule has 1 aromatic heterocycles. The summed E-state index contributed by atoms with van der Waals surface area (Å²) in [5.74, 6) is -1.56. The second-order valence-corrected chi connectivity index (χ2v) is 9.58. The number of amides is 3. The topological polar surface area (TPSA) is 91.0 Å². The van der Waals surface area contributed by atoms with Crippen molar-refractivity contribution in [1.29, 1.82) is 0 Å². The van der Waals surface area contributed by atoms with E-state index < -0.39 is 35.5 Å². The quantitative estimate of drug-likeness (QED) is 0.498. The molecule has 0 saturated carbocycles. The normalized spacial score (nSPS) is 15.2. The third-order valence-electron chi connectivity index (χ3n) is 5.65. The molecular weight excluding hydrogens is 521 g/mol. The van der Waals surface area contributed by atoms with Crippen molar-refractivity contribution in [2.24, 2.45) is 0 Å². The van der Waals surface area contributed by atoms with Crippen molar-refractivity contribution in [2.45, 2.75) is 26.1 Å². The molecule has 3 rings (SSSR count). The second-order valence-electron chi connectivity index (χ2n) is 7.87. The van der Waals surface area contributed by atoms with Crippen molar-refractivity contribution in [1.82, 2.24) is 10.2 Å². The van der Waals surface area contributed by atoms with Crippen LogP contribution in [0.2, 0.25) is 4.34 Å². The van der Waals surface area contributed by atoms with E-state index in [-0.39, 0.29) is 37.7 Å². The maximum absolute atomic E-state index is 13.9. The lowest BCUT2D eigenvalue weighted by Gasteiger charge is -2.30. The third-order valence-corrected chi connectivity index (χ3v) is 6.88. The van der Waals surface area contributed by atoms with Gasteiger partial charge in [0.05, 0.1) is 27.1 Å². The highest BCUT2D eigenvalue weighted by molar-refractivity contribution is 7.18. The van der Waals surface area contributed by atoms with Crippen molar-refractivity contribution in [3.63, 3.8) is 0 Å². The number of nitrogens with one attached hydrogen (secondary N) is 2. The molecule has 2 N–H and O–H groups in total. The summed E-state index contributed by atoms with van der Waals surface area (Å²) in [4.78, 5) is 40.9. The Morgan fingerprint density at radius 1 is 1.22 bits per heavy atom. The van der Waals surface area contributed by atoms with E-state index >= 15 is 0 Å². The highest BCUT2D eigenvalue weighted by atomic mass is 35.5. The number of carbonyl (C=O) groups is 3. The molecular formula is C23H26ClF3N4O4S. The Bertz CT molecular complexity index is 1110. The Hall–Kier alpha value is -2.67. The third kappa shape index (κ3) is 6.75. The smallest absolute Gasteiger partial charge is 0.370 e. The Morgan fingerprint density at radius 2 is 1.94 bits per heavy atom. The van der Waals surface area contributed by atoms with Gasteiger partial charge >= 0.3 is 6.18 Å². The van der Waals surface area contributed by atoms with E-state index in [4.69, 9.17) is 16.3 Å². The van der Waals surface area contributed by atoms with Crippen molar-refractivity contribution in [3.05, 3.63) is 45.1 Å². The van der Waals surface area contributed by atoms with E-state index in [2.05, 4.69) is 10.6 Å².